The number of carbonyl (C=O) groups is 1. The lowest BCUT2D eigenvalue weighted by molar-refractivity contribution is 0.102. The Morgan fingerprint density at radius 3 is 2.47 bits per heavy atom. The van der Waals surface area contributed by atoms with E-state index in [1.165, 1.54) is 35.7 Å². The molecule has 0 spiro atoms. The molecule has 1 heterocycles. The zero-order valence-electron chi connectivity index (χ0n) is 17.1. The predicted octanol–water partition coefficient (Wildman–Crippen LogP) is 5.00. The summed E-state index contributed by atoms with van der Waals surface area (Å²) in [5.41, 5.74) is 2.61. The summed E-state index contributed by atoms with van der Waals surface area (Å²) in [5.74, 6) is -0.0730. The Labute approximate surface area is 196 Å². The molecule has 0 aliphatic carbocycles. The van der Waals surface area contributed by atoms with E-state index >= 15 is 0 Å². The summed E-state index contributed by atoms with van der Waals surface area (Å²) in [6, 6.07) is 16.7. The van der Waals surface area contributed by atoms with Crippen LogP contribution in [0.1, 0.15) is 21.5 Å². The van der Waals surface area contributed by atoms with Gasteiger partial charge in [0.2, 0.25) is 10.0 Å². The van der Waals surface area contributed by atoms with Crippen LogP contribution in [0.5, 0.6) is 5.75 Å². The fraction of sp³-hybridized carbons (Fsp3) is 0.174. The molecule has 3 aromatic rings. The lowest BCUT2D eigenvalue weighted by atomic mass is 10.0. The van der Waals surface area contributed by atoms with Crippen molar-refractivity contribution in [2.24, 2.45) is 0 Å². The van der Waals surface area contributed by atoms with Crippen molar-refractivity contribution in [1.82, 2.24) is 4.31 Å². The lowest BCUT2D eigenvalue weighted by Gasteiger charge is -2.28. The molecule has 0 aromatic heterocycles. The number of nitrogens with zero attached hydrogens (tertiary/aromatic N) is 1. The van der Waals surface area contributed by atoms with Crippen LogP contribution in [0, 0.1) is 0 Å². The van der Waals surface area contributed by atoms with E-state index in [0.29, 0.717) is 29.4 Å². The van der Waals surface area contributed by atoms with Crippen LogP contribution in [0.3, 0.4) is 0 Å². The zero-order valence-corrected chi connectivity index (χ0v) is 19.5. The van der Waals surface area contributed by atoms with Crippen LogP contribution in [0.25, 0.3) is 0 Å². The van der Waals surface area contributed by atoms with Gasteiger partial charge in [0.05, 0.1) is 27.6 Å². The summed E-state index contributed by atoms with van der Waals surface area (Å²) >= 11 is 12.3. The summed E-state index contributed by atoms with van der Waals surface area (Å²) < 4.78 is 33.1. The summed E-state index contributed by atoms with van der Waals surface area (Å²) in [6.45, 7) is 0.654. The quantitative estimate of drug-likeness (QED) is 0.545. The van der Waals surface area contributed by atoms with Crippen LogP contribution in [0.4, 0.5) is 5.69 Å². The Morgan fingerprint density at radius 2 is 1.75 bits per heavy atom. The predicted molar refractivity (Wildman–Crippen MR) is 125 cm³/mol. The highest BCUT2D eigenvalue weighted by molar-refractivity contribution is 7.89. The number of anilines is 1. The van der Waals surface area contributed by atoms with Gasteiger partial charge in [-0.15, -0.1) is 0 Å². The number of amides is 1. The number of rotatable bonds is 5. The second-order valence-electron chi connectivity index (χ2n) is 7.30. The first kappa shape index (κ1) is 22.6. The molecule has 0 fully saturated rings. The van der Waals surface area contributed by atoms with E-state index < -0.39 is 15.9 Å². The molecule has 1 aliphatic rings. The van der Waals surface area contributed by atoms with Gasteiger partial charge in [-0.2, -0.15) is 4.31 Å². The Morgan fingerprint density at radius 1 is 1.00 bits per heavy atom. The van der Waals surface area contributed by atoms with Crippen LogP contribution < -0.4 is 10.1 Å². The Bertz CT molecular complexity index is 1290. The minimum atomic E-state index is -3.81. The normalized spacial score (nSPS) is 14.0. The van der Waals surface area contributed by atoms with Crippen molar-refractivity contribution in [3.05, 3.63) is 87.4 Å². The highest BCUT2D eigenvalue weighted by Crippen LogP contribution is 2.30. The Kier molecular flexibility index (Phi) is 6.44. The number of sulfonamides is 1. The molecule has 166 valence electrons. The van der Waals surface area contributed by atoms with Crippen molar-refractivity contribution in [2.45, 2.75) is 17.9 Å². The smallest absolute Gasteiger partial charge is 0.257 e. The second kappa shape index (κ2) is 9.11. The van der Waals surface area contributed by atoms with Crippen LogP contribution >= 0.6 is 23.2 Å². The summed E-state index contributed by atoms with van der Waals surface area (Å²) in [4.78, 5) is 12.9. The van der Waals surface area contributed by atoms with Gasteiger partial charge in [-0.1, -0.05) is 47.5 Å². The van der Waals surface area contributed by atoms with Gasteiger partial charge in [-0.3, -0.25) is 4.79 Å². The maximum atomic E-state index is 13.3. The fourth-order valence-electron chi connectivity index (χ4n) is 3.61. The van der Waals surface area contributed by atoms with E-state index in [9.17, 15) is 13.2 Å². The van der Waals surface area contributed by atoms with Crippen LogP contribution in [0.15, 0.2) is 65.6 Å². The number of nitrogens with one attached hydrogen (secondary N) is 1. The van der Waals surface area contributed by atoms with Crippen molar-refractivity contribution in [3.63, 3.8) is 0 Å². The standard InChI is InChI=1S/C23H20Cl2N2O4S/c1-31-22-9-6-17(12-21(22)25)26-23(28)19-13-18(7-8-20(19)24)32(29,30)27-11-10-15-4-2-3-5-16(15)14-27/h2-9,12-13H,10-11,14H2,1H3,(H,26,28). The Balaban J connectivity index is 1.59. The van der Waals surface area contributed by atoms with Gasteiger partial charge in [0.1, 0.15) is 5.75 Å². The molecule has 1 N–H and O–H groups in total. The van der Waals surface area contributed by atoms with Gasteiger partial charge in [0.25, 0.3) is 5.91 Å². The van der Waals surface area contributed by atoms with Crippen LogP contribution in [0.2, 0.25) is 10.0 Å². The molecule has 1 aliphatic heterocycles. The number of ether oxygens (including phenoxy) is 1. The molecule has 0 unspecified atom stereocenters. The maximum absolute atomic E-state index is 13.3. The minimum Gasteiger partial charge on any atom is -0.495 e. The third-order valence-electron chi connectivity index (χ3n) is 5.33. The van der Waals surface area contributed by atoms with Gasteiger partial charge >= 0.3 is 0 Å². The van der Waals surface area contributed by atoms with Gasteiger partial charge in [0, 0.05) is 18.8 Å². The number of hydrogen-bond acceptors (Lipinski definition) is 4. The van der Waals surface area contributed by atoms with Crippen molar-refractivity contribution >= 4 is 44.8 Å². The molecule has 0 bridgehead atoms. The van der Waals surface area contributed by atoms with E-state index in [4.69, 9.17) is 27.9 Å². The number of fused-ring (bicyclic) bond motifs is 1. The largest absolute Gasteiger partial charge is 0.495 e. The van der Waals surface area contributed by atoms with E-state index in [-0.39, 0.29) is 22.0 Å². The SMILES string of the molecule is COc1ccc(NC(=O)c2cc(S(=O)(=O)N3CCc4ccccc4C3)ccc2Cl)cc1Cl. The summed E-state index contributed by atoms with van der Waals surface area (Å²) in [5, 5.41) is 3.17. The van der Waals surface area contributed by atoms with Crippen molar-refractivity contribution < 1.29 is 17.9 Å². The summed E-state index contributed by atoms with van der Waals surface area (Å²) in [7, 11) is -2.32. The maximum Gasteiger partial charge on any atom is 0.257 e. The fourth-order valence-corrected chi connectivity index (χ4v) is 5.51. The van der Waals surface area contributed by atoms with Crippen LogP contribution in [-0.2, 0) is 23.0 Å². The molecule has 32 heavy (non-hydrogen) atoms. The lowest BCUT2D eigenvalue weighted by Crippen LogP contribution is -2.36. The van der Waals surface area contributed by atoms with Gasteiger partial charge in [-0.25, -0.2) is 8.42 Å². The van der Waals surface area contributed by atoms with Crippen molar-refractivity contribution in [1.29, 1.82) is 0 Å². The molecule has 0 saturated carbocycles. The van der Waals surface area contributed by atoms with Gasteiger partial charge < -0.3 is 10.1 Å². The van der Waals surface area contributed by atoms with E-state index in [1.807, 2.05) is 24.3 Å². The molecular formula is C23H20Cl2N2O4S. The molecule has 3 aromatic carbocycles. The molecule has 4 rings (SSSR count). The molecular weight excluding hydrogens is 471 g/mol. The average molecular weight is 491 g/mol. The van der Waals surface area contributed by atoms with E-state index in [1.54, 1.807) is 12.1 Å². The van der Waals surface area contributed by atoms with Crippen molar-refractivity contribution in [2.75, 3.05) is 19.0 Å². The number of halogens is 2. The first-order valence-corrected chi connectivity index (χ1v) is 12.0. The topological polar surface area (TPSA) is 75.7 Å². The molecule has 6 nitrogen and oxygen atoms in total. The zero-order chi connectivity index (χ0) is 22.9. The molecule has 1 amide bonds. The number of benzene rings is 3. The monoisotopic (exact) mass is 490 g/mol. The number of methoxy groups -OCH3 is 1. The highest BCUT2D eigenvalue weighted by atomic mass is 35.5. The average Bonchev–Trinajstić information content (AvgIpc) is 2.79. The second-order valence-corrected chi connectivity index (χ2v) is 10.1. The first-order valence-electron chi connectivity index (χ1n) is 9.81. The number of hydrogen-bond donors (Lipinski definition) is 1. The van der Waals surface area contributed by atoms with Gasteiger partial charge in [0.15, 0.2) is 0 Å². The molecule has 9 heteroatoms. The third-order valence-corrected chi connectivity index (χ3v) is 7.79. The van der Waals surface area contributed by atoms with Crippen molar-refractivity contribution in [3.8, 4) is 5.75 Å². The first-order chi connectivity index (χ1) is 15.3. The number of carbonyl (C=O) groups excluding carboxylic acids is 1. The minimum absolute atomic E-state index is 0.0131. The van der Waals surface area contributed by atoms with Crippen LogP contribution in [-0.4, -0.2) is 32.3 Å². The highest BCUT2D eigenvalue weighted by Gasteiger charge is 2.29. The van der Waals surface area contributed by atoms with E-state index in [2.05, 4.69) is 5.32 Å². The third kappa shape index (κ3) is 4.47. The molecule has 0 radical (unpaired) electrons. The van der Waals surface area contributed by atoms with Gasteiger partial charge in [-0.05, 0) is 53.9 Å². The molecule has 0 saturated heterocycles. The summed E-state index contributed by atoms with van der Waals surface area (Å²) in [6.07, 6.45) is 0.633. The van der Waals surface area contributed by atoms with E-state index in [0.717, 1.165) is 11.1 Å². The Hall–Kier alpha value is -2.58. The molecule has 0 atom stereocenters.